The highest BCUT2D eigenvalue weighted by Crippen LogP contribution is 2.34. The maximum Gasteiger partial charge on any atom is 0.228 e. The first-order valence-corrected chi connectivity index (χ1v) is 10.2. The number of para-hydroxylation sites is 2. The van der Waals surface area contributed by atoms with Crippen LogP contribution >= 0.6 is 0 Å². The van der Waals surface area contributed by atoms with E-state index in [9.17, 15) is 9.59 Å². The van der Waals surface area contributed by atoms with Crippen LogP contribution in [-0.4, -0.2) is 55.5 Å². The molecule has 2 aliphatic rings. The van der Waals surface area contributed by atoms with E-state index in [-0.39, 0.29) is 24.2 Å². The van der Waals surface area contributed by atoms with E-state index in [0.717, 1.165) is 44.6 Å². The van der Waals surface area contributed by atoms with Crippen molar-refractivity contribution in [1.82, 2.24) is 10.2 Å². The summed E-state index contributed by atoms with van der Waals surface area (Å²) in [6.45, 7) is 7.69. The Morgan fingerprint density at radius 1 is 1.26 bits per heavy atom. The van der Waals surface area contributed by atoms with Gasteiger partial charge < -0.3 is 19.9 Å². The van der Waals surface area contributed by atoms with Crippen LogP contribution in [0.25, 0.3) is 0 Å². The molecule has 0 saturated carbocycles. The summed E-state index contributed by atoms with van der Waals surface area (Å²) in [4.78, 5) is 29.7. The molecule has 0 aliphatic carbocycles. The minimum atomic E-state index is -0.270. The molecule has 6 nitrogen and oxygen atoms in total. The molecule has 1 atom stereocenters. The van der Waals surface area contributed by atoms with Crippen molar-refractivity contribution in [2.24, 2.45) is 5.92 Å². The van der Waals surface area contributed by atoms with E-state index in [1.54, 1.807) is 4.90 Å². The lowest BCUT2D eigenvalue weighted by molar-refractivity contribution is -0.138. The topological polar surface area (TPSA) is 61.9 Å². The first-order chi connectivity index (χ1) is 13.2. The average Bonchev–Trinajstić information content (AvgIpc) is 3.08. The number of hydrogen-bond donors (Lipinski definition) is 1. The van der Waals surface area contributed by atoms with Gasteiger partial charge in [-0.15, -0.1) is 0 Å². The van der Waals surface area contributed by atoms with Crippen molar-refractivity contribution < 1.29 is 14.3 Å². The van der Waals surface area contributed by atoms with Crippen molar-refractivity contribution in [2.75, 3.05) is 37.7 Å². The Morgan fingerprint density at radius 2 is 2.00 bits per heavy atom. The predicted molar refractivity (Wildman–Crippen MR) is 106 cm³/mol. The minimum Gasteiger partial charge on any atom is -0.492 e. The number of rotatable bonds is 7. The third-order valence-corrected chi connectivity index (χ3v) is 5.43. The molecule has 0 radical (unpaired) electrons. The van der Waals surface area contributed by atoms with Crippen molar-refractivity contribution >= 4 is 17.5 Å². The molecule has 2 heterocycles. The Labute approximate surface area is 161 Å². The second kappa shape index (κ2) is 9.22. The number of nitrogens with one attached hydrogen (secondary N) is 1. The zero-order valence-corrected chi connectivity index (χ0v) is 16.4. The van der Waals surface area contributed by atoms with Crippen LogP contribution in [0.1, 0.15) is 39.5 Å². The molecule has 27 heavy (non-hydrogen) atoms. The van der Waals surface area contributed by atoms with Gasteiger partial charge in [0.05, 0.1) is 18.2 Å². The van der Waals surface area contributed by atoms with E-state index < -0.39 is 0 Å². The number of nitrogens with zero attached hydrogens (tertiary/aromatic N) is 2. The SMILES string of the molecule is CCCN(C(=O)C1CC(=O)N(c2ccccc2OCC)C1)C1CCNCC1. The van der Waals surface area contributed by atoms with Crippen molar-refractivity contribution in [2.45, 2.75) is 45.6 Å². The highest BCUT2D eigenvalue weighted by atomic mass is 16.5. The van der Waals surface area contributed by atoms with Crippen LogP contribution in [0.5, 0.6) is 5.75 Å². The molecule has 2 amide bonds. The summed E-state index contributed by atoms with van der Waals surface area (Å²) in [5.74, 6) is 0.564. The lowest BCUT2D eigenvalue weighted by atomic mass is 10.0. The Balaban J connectivity index is 1.74. The van der Waals surface area contributed by atoms with E-state index in [1.807, 2.05) is 36.1 Å². The Morgan fingerprint density at radius 3 is 2.70 bits per heavy atom. The zero-order valence-electron chi connectivity index (χ0n) is 16.4. The summed E-state index contributed by atoms with van der Waals surface area (Å²) < 4.78 is 5.68. The Kier molecular flexibility index (Phi) is 6.72. The van der Waals surface area contributed by atoms with E-state index in [0.29, 0.717) is 24.9 Å². The molecule has 0 spiro atoms. The number of carbonyl (C=O) groups is 2. The van der Waals surface area contributed by atoms with Gasteiger partial charge in [-0.2, -0.15) is 0 Å². The lowest BCUT2D eigenvalue weighted by Gasteiger charge is -2.36. The van der Waals surface area contributed by atoms with E-state index >= 15 is 0 Å². The maximum absolute atomic E-state index is 13.3. The fourth-order valence-electron chi connectivity index (χ4n) is 4.13. The molecule has 3 rings (SSSR count). The Hall–Kier alpha value is -2.08. The van der Waals surface area contributed by atoms with Crippen LogP contribution in [0.15, 0.2) is 24.3 Å². The largest absolute Gasteiger partial charge is 0.492 e. The second-order valence-corrected chi connectivity index (χ2v) is 7.32. The second-order valence-electron chi connectivity index (χ2n) is 7.32. The number of hydrogen-bond acceptors (Lipinski definition) is 4. The number of anilines is 1. The number of piperidine rings is 1. The number of amides is 2. The normalized spacial score (nSPS) is 20.7. The van der Waals surface area contributed by atoms with Gasteiger partial charge in [-0.3, -0.25) is 9.59 Å². The summed E-state index contributed by atoms with van der Waals surface area (Å²) in [6, 6.07) is 7.86. The van der Waals surface area contributed by atoms with Gasteiger partial charge in [-0.25, -0.2) is 0 Å². The molecular weight excluding hydrogens is 342 g/mol. The van der Waals surface area contributed by atoms with Gasteiger partial charge in [0.2, 0.25) is 11.8 Å². The number of ether oxygens (including phenoxy) is 1. The first-order valence-electron chi connectivity index (χ1n) is 10.2. The van der Waals surface area contributed by atoms with Gasteiger partial charge in [0.1, 0.15) is 5.75 Å². The monoisotopic (exact) mass is 373 g/mol. The standard InChI is InChI=1S/C21H31N3O3/c1-3-13-23(17-9-11-22-12-10-17)21(26)16-14-20(25)24(15-16)18-7-5-6-8-19(18)27-4-2/h5-8,16-17,22H,3-4,9-15H2,1-2H3. The van der Waals surface area contributed by atoms with E-state index in [2.05, 4.69) is 12.2 Å². The fourth-order valence-corrected chi connectivity index (χ4v) is 4.13. The van der Waals surface area contributed by atoms with Crippen LogP contribution in [0.4, 0.5) is 5.69 Å². The molecule has 1 unspecified atom stereocenters. The number of benzene rings is 1. The first kappa shape index (κ1) is 19.7. The highest BCUT2D eigenvalue weighted by molar-refractivity contribution is 6.01. The molecular formula is C21H31N3O3. The van der Waals surface area contributed by atoms with Crippen LogP contribution in [0, 0.1) is 5.92 Å². The van der Waals surface area contributed by atoms with E-state index in [4.69, 9.17) is 4.74 Å². The molecule has 6 heteroatoms. The maximum atomic E-state index is 13.3. The molecule has 1 aromatic carbocycles. The van der Waals surface area contributed by atoms with Crippen LogP contribution in [0.2, 0.25) is 0 Å². The molecule has 148 valence electrons. The molecule has 1 N–H and O–H groups in total. The van der Waals surface area contributed by atoms with Crippen LogP contribution < -0.4 is 15.0 Å². The van der Waals surface area contributed by atoms with Crippen LogP contribution in [-0.2, 0) is 9.59 Å². The predicted octanol–water partition coefficient (Wildman–Crippen LogP) is 2.43. The molecule has 2 fully saturated rings. The van der Waals surface area contributed by atoms with Crippen molar-refractivity contribution in [3.8, 4) is 5.75 Å². The van der Waals surface area contributed by atoms with Gasteiger partial charge >= 0.3 is 0 Å². The number of carbonyl (C=O) groups excluding carboxylic acids is 2. The van der Waals surface area contributed by atoms with Gasteiger partial charge in [-0.1, -0.05) is 19.1 Å². The summed E-state index contributed by atoms with van der Waals surface area (Å²) in [5.41, 5.74) is 0.767. The summed E-state index contributed by atoms with van der Waals surface area (Å²) in [6.07, 6.45) is 3.20. The van der Waals surface area contributed by atoms with Gasteiger partial charge in [0.25, 0.3) is 0 Å². The minimum absolute atomic E-state index is 0.00209. The average molecular weight is 373 g/mol. The molecule has 0 aromatic heterocycles. The molecule has 2 aliphatic heterocycles. The molecule has 0 bridgehead atoms. The summed E-state index contributed by atoms with van der Waals surface area (Å²) >= 11 is 0. The molecule has 1 aromatic rings. The lowest BCUT2D eigenvalue weighted by Crippen LogP contribution is -2.48. The van der Waals surface area contributed by atoms with Crippen molar-refractivity contribution in [1.29, 1.82) is 0 Å². The summed E-state index contributed by atoms with van der Waals surface area (Å²) in [5, 5.41) is 3.36. The van der Waals surface area contributed by atoms with Crippen LogP contribution in [0.3, 0.4) is 0 Å². The van der Waals surface area contributed by atoms with Crippen molar-refractivity contribution in [3.63, 3.8) is 0 Å². The van der Waals surface area contributed by atoms with Gasteiger partial charge in [0.15, 0.2) is 0 Å². The fraction of sp³-hybridized carbons (Fsp3) is 0.619. The van der Waals surface area contributed by atoms with Gasteiger partial charge in [-0.05, 0) is 51.4 Å². The summed E-state index contributed by atoms with van der Waals surface area (Å²) in [7, 11) is 0. The third-order valence-electron chi connectivity index (χ3n) is 5.43. The highest BCUT2D eigenvalue weighted by Gasteiger charge is 2.39. The zero-order chi connectivity index (χ0) is 19.2. The molecule has 2 saturated heterocycles. The van der Waals surface area contributed by atoms with Crippen molar-refractivity contribution in [3.05, 3.63) is 24.3 Å². The third kappa shape index (κ3) is 4.43. The van der Waals surface area contributed by atoms with E-state index in [1.165, 1.54) is 0 Å². The Bertz CT molecular complexity index is 658. The van der Waals surface area contributed by atoms with Gasteiger partial charge in [0, 0.05) is 25.6 Å². The quantitative estimate of drug-likeness (QED) is 0.797. The smallest absolute Gasteiger partial charge is 0.228 e.